The number of urea groups is 1. The smallest absolute Gasteiger partial charge is 0.319 e. The monoisotopic (exact) mass is 310 g/mol. The van der Waals surface area contributed by atoms with Crippen LogP contribution in [0, 0.1) is 6.92 Å². The molecule has 2 aromatic carbocycles. The van der Waals surface area contributed by atoms with Crippen molar-refractivity contribution in [2.45, 2.75) is 19.3 Å². The predicted octanol–water partition coefficient (Wildman–Crippen LogP) is 3.19. The molecule has 0 aromatic heterocycles. The number of carbonyl (C=O) groups is 1. The van der Waals surface area contributed by atoms with E-state index in [0.717, 1.165) is 23.4 Å². The van der Waals surface area contributed by atoms with E-state index in [2.05, 4.69) is 28.8 Å². The first-order chi connectivity index (χ1) is 11.2. The Bertz CT molecular complexity index is 773. The van der Waals surface area contributed by atoms with Gasteiger partial charge in [0.2, 0.25) is 6.79 Å². The number of nitrogens with one attached hydrogen (secondary N) is 2. The average Bonchev–Trinajstić information content (AvgIpc) is 2.95. The van der Waals surface area contributed by atoms with Crippen LogP contribution in [0.5, 0.6) is 11.5 Å². The van der Waals surface area contributed by atoms with Crippen molar-refractivity contribution >= 4 is 11.7 Å². The Labute approximate surface area is 134 Å². The third-order valence-corrected chi connectivity index (χ3v) is 4.44. The van der Waals surface area contributed by atoms with Gasteiger partial charge < -0.3 is 20.1 Å². The zero-order chi connectivity index (χ0) is 15.8. The van der Waals surface area contributed by atoms with Gasteiger partial charge >= 0.3 is 6.03 Å². The summed E-state index contributed by atoms with van der Waals surface area (Å²) in [6.07, 6.45) is 1.03. The highest BCUT2D eigenvalue weighted by atomic mass is 16.7. The summed E-state index contributed by atoms with van der Waals surface area (Å²) in [7, 11) is 0. The second-order valence-electron chi connectivity index (χ2n) is 5.96. The molecule has 0 bridgehead atoms. The zero-order valence-electron chi connectivity index (χ0n) is 12.9. The number of rotatable bonds is 3. The van der Waals surface area contributed by atoms with E-state index < -0.39 is 0 Å². The maximum Gasteiger partial charge on any atom is 0.319 e. The minimum atomic E-state index is -0.198. The van der Waals surface area contributed by atoms with Crippen LogP contribution >= 0.6 is 0 Å². The fourth-order valence-electron chi connectivity index (χ4n) is 3.11. The van der Waals surface area contributed by atoms with Gasteiger partial charge in [-0.2, -0.15) is 0 Å². The van der Waals surface area contributed by atoms with Gasteiger partial charge in [-0.05, 0) is 36.1 Å². The molecule has 1 aliphatic carbocycles. The van der Waals surface area contributed by atoms with Crippen LogP contribution in [0.3, 0.4) is 0 Å². The quantitative estimate of drug-likeness (QED) is 0.915. The number of ether oxygens (including phenoxy) is 2. The van der Waals surface area contributed by atoms with Crippen molar-refractivity contribution in [2.75, 3.05) is 18.7 Å². The minimum Gasteiger partial charge on any atom is -0.454 e. The standard InChI is InChI=1S/C18H18N2O3/c1-11-6-16-17(23-10-22-16)8-15(11)20-18(21)19-9-13-7-12-4-2-3-5-14(12)13/h2-6,8,13H,7,9-10H2,1H3,(H2,19,20,21). The molecule has 1 atom stereocenters. The van der Waals surface area contributed by atoms with E-state index in [9.17, 15) is 4.79 Å². The summed E-state index contributed by atoms with van der Waals surface area (Å²) in [5, 5.41) is 5.83. The van der Waals surface area contributed by atoms with Gasteiger partial charge in [0.25, 0.3) is 0 Å². The molecule has 5 heteroatoms. The third-order valence-electron chi connectivity index (χ3n) is 4.44. The Balaban J connectivity index is 1.36. The average molecular weight is 310 g/mol. The molecule has 5 nitrogen and oxygen atoms in total. The summed E-state index contributed by atoms with van der Waals surface area (Å²) in [5.74, 6) is 1.80. The topological polar surface area (TPSA) is 59.6 Å². The van der Waals surface area contributed by atoms with Crippen molar-refractivity contribution < 1.29 is 14.3 Å². The van der Waals surface area contributed by atoms with Gasteiger partial charge in [0.1, 0.15) is 0 Å². The minimum absolute atomic E-state index is 0.198. The SMILES string of the molecule is Cc1cc2c(cc1NC(=O)NCC1Cc3ccccc31)OCO2. The second kappa shape index (κ2) is 5.50. The summed E-state index contributed by atoms with van der Waals surface area (Å²) < 4.78 is 10.7. The predicted molar refractivity (Wildman–Crippen MR) is 87.2 cm³/mol. The summed E-state index contributed by atoms with van der Waals surface area (Å²) >= 11 is 0. The van der Waals surface area contributed by atoms with E-state index >= 15 is 0 Å². The first-order valence-corrected chi connectivity index (χ1v) is 7.73. The molecule has 1 heterocycles. The van der Waals surface area contributed by atoms with Crippen molar-refractivity contribution in [1.29, 1.82) is 0 Å². The Hall–Kier alpha value is -2.69. The number of anilines is 1. The molecule has 4 rings (SSSR count). The second-order valence-corrected chi connectivity index (χ2v) is 5.96. The molecule has 118 valence electrons. The first-order valence-electron chi connectivity index (χ1n) is 7.73. The lowest BCUT2D eigenvalue weighted by molar-refractivity contribution is 0.174. The van der Waals surface area contributed by atoms with Crippen LogP contribution in [0.1, 0.15) is 22.6 Å². The lowest BCUT2D eigenvalue weighted by atomic mass is 9.78. The van der Waals surface area contributed by atoms with Gasteiger partial charge in [0.15, 0.2) is 11.5 Å². The molecule has 0 spiro atoms. The molecular formula is C18H18N2O3. The number of aryl methyl sites for hydroxylation is 1. The molecule has 2 N–H and O–H groups in total. The Morgan fingerprint density at radius 3 is 2.83 bits per heavy atom. The van der Waals surface area contributed by atoms with Gasteiger partial charge in [-0.1, -0.05) is 24.3 Å². The highest BCUT2D eigenvalue weighted by molar-refractivity contribution is 5.90. The Morgan fingerprint density at radius 2 is 2.00 bits per heavy atom. The van der Waals surface area contributed by atoms with Crippen LogP contribution in [-0.2, 0) is 6.42 Å². The van der Waals surface area contributed by atoms with Gasteiger partial charge in [-0.15, -0.1) is 0 Å². The van der Waals surface area contributed by atoms with Crippen molar-refractivity contribution in [3.8, 4) is 11.5 Å². The first kappa shape index (κ1) is 13.9. The molecule has 2 aromatic rings. The normalized spacial score (nSPS) is 17.2. The highest BCUT2D eigenvalue weighted by Gasteiger charge is 2.25. The van der Waals surface area contributed by atoms with Crippen LogP contribution in [0.2, 0.25) is 0 Å². The summed E-state index contributed by atoms with van der Waals surface area (Å²) in [4.78, 5) is 12.1. The van der Waals surface area contributed by atoms with E-state index in [1.54, 1.807) is 6.07 Å². The van der Waals surface area contributed by atoms with Crippen LogP contribution in [0.25, 0.3) is 0 Å². The molecule has 2 aliphatic rings. The number of benzene rings is 2. The molecule has 2 amide bonds. The van der Waals surface area contributed by atoms with E-state index in [1.807, 2.05) is 19.1 Å². The molecule has 0 fully saturated rings. The van der Waals surface area contributed by atoms with Crippen LogP contribution in [-0.4, -0.2) is 19.4 Å². The molecule has 23 heavy (non-hydrogen) atoms. The number of amides is 2. The van der Waals surface area contributed by atoms with Crippen LogP contribution in [0.4, 0.5) is 10.5 Å². The van der Waals surface area contributed by atoms with E-state index in [0.29, 0.717) is 18.2 Å². The Morgan fingerprint density at radius 1 is 1.22 bits per heavy atom. The maximum absolute atomic E-state index is 12.1. The summed E-state index contributed by atoms with van der Waals surface area (Å²) in [6.45, 7) is 2.80. The van der Waals surface area contributed by atoms with E-state index in [1.165, 1.54) is 11.1 Å². The lowest BCUT2D eigenvalue weighted by Crippen LogP contribution is -2.35. The molecule has 0 saturated carbocycles. The fraction of sp³-hybridized carbons (Fsp3) is 0.278. The van der Waals surface area contributed by atoms with Gasteiger partial charge in [-0.25, -0.2) is 4.79 Å². The summed E-state index contributed by atoms with van der Waals surface area (Å²) in [5.41, 5.74) is 4.40. The van der Waals surface area contributed by atoms with Crippen molar-refractivity contribution in [2.24, 2.45) is 0 Å². The number of hydrogen-bond donors (Lipinski definition) is 2. The van der Waals surface area contributed by atoms with Crippen LogP contribution in [0.15, 0.2) is 36.4 Å². The largest absolute Gasteiger partial charge is 0.454 e. The Kier molecular flexibility index (Phi) is 3.33. The summed E-state index contributed by atoms with van der Waals surface area (Å²) in [6, 6.07) is 11.8. The zero-order valence-corrected chi connectivity index (χ0v) is 12.9. The fourth-order valence-corrected chi connectivity index (χ4v) is 3.11. The molecule has 1 unspecified atom stereocenters. The maximum atomic E-state index is 12.1. The van der Waals surface area contributed by atoms with Gasteiger partial charge in [-0.3, -0.25) is 0 Å². The van der Waals surface area contributed by atoms with Crippen molar-refractivity contribution in [3.63, 3.8) is 0 Å². The third kappa shape index (κ3) is 2.59. The lowest BCUT2D eigenvalue weighted by Gasteiger charge is -2.30. The number of fused-ring (bicyclic) bond motifs is 2. The number of carbonyl (C=O) groups excluding carboxylic acids is 1. The molecular weight excluding hydrogens is 292 g/mol. The van der Waals surface area contributed by atoms with Crippen LogP contribution < -0.4 is 20.1 Å². The molecule has 0 radical (unpaired) electrons. The van der Waals surface area contributed by atoms with Crippen molar-refractivity contribution in [3.05, 3.63) is 53.1 Å². The van der Waals surface area contributed by atoms with Gasteiger partial charge in [0, 0.05) is 24.2 Å². The van der Waals surface area contributed by atoms with E-state index in [4.69, 9.17) is 9.47 Å². The highest BCUT2D eigenvalue weighted by Crippen LogP contribution is 2.37. The van der Waals surface area contributed by atoms with Crippen molar-refractivity contribution in [1.82, 2.24) is 5.32 Å². The van der Waals surface area contributed by atoms with E-state index in [-0.39, 0.29) is 12.8 Å². The molecule has 1 aliphatic heterocycles. The number of hydrogen-bond acceptors (Lipinski definition) is 3. The molecule has 0 saturated heterocycles. The van der Waals surface area contributed by atoms with Gasteiger partial charge in [0.05, 0.1) is 0 Å².